The Morgan fingerprint density at radius 1 is 1.11 bits per heavy atom. The Bertz CT molecular complexity index is 781. The molecule has 0 radical (unpaired) electrons. The molecule has 0 amide bonds. The third-order valence-electron chi connectivity index (χ3n) is 5.85. The average Bonchev–Trinajstić information content (AvgIpc) is 2.92. The minimum atomic E-state index is 0.107. The van der Waals surface area contributed by atoms with E-state index in [1.165, 1.54) is 41.8 Å². The van der Waals surface area contributed by atoms with Crippen molar-refractivity contribution in [1.29, 1.82) is 0 Å². The number of halogens is 1. The largest absolute Gasteiger partial charge is 0.298 e. The molecule has 0 spiro atoms. The van der Waals surface area contributed by atoms with Gasteiger partial charge in [-0.2, -0.15) is 10.5 Å². The summed E-state index contributed by atoms with van der Waals surface area (Å²) in [6, 6.07) is 17.4. The Morgan fingerprint density at radius 3 is 2.52 bits per heavy atom. The van der Waals surface area contributed by atoms with Crippen LogP contribution in [0.4, 0.5) is 0 Å². The second-order valence-corrected chi connectivity index (χ2v) is 10.7. The maximum absolute atomic E-state index is 6.13. The molecule has 1 nitrogen and oxygen atoms in total. The molecular weight excluding hydrogens is 370 g/mol. The molecule has 2 aromatic rings. The number of rotatable bonds is 7. The number of hydrogen-bond donors (Lipinski definition) is 0. The van der Waals surface area contributed by atoms with Gasteiger partial charge < -0.3 is 0 Å². The van der Waals surface area contributed by atoms with Gasteiger partial charge in [0.25, 0.3) is 0 Å². The van der Waals surface area contributed by atoms with Crippen LogP contribution in [0, 0.1) is 5.92 Å². The van der Waals surface area contributed by atoms with Crippen molar-refractivity contribution in [3.8, 4) is 0 Å². The van der Waals surface area contributed by atoms with Crippen LogP contribution in [0.15, 0.2) is 53.4 Å². The lowest BCUT2D eigenvalue weighted by atomic mass is 9.92. The summed E-state index contributed by atoms with van der Waals surface area (Å²) in [7, 11) is 0.107. The molecule has 2 aromatic carbocycles. The molecule has 0 aliphatic carbocycles. The highest BCUT2D eigenvalue weighted by molar-refractivity contribution is 8.13. The van der Waals surface area contributed by atoms with Crippen molar-refractivity contribution >= 4 is 28.0 Å². The minimum Gasteiger partial charge on any atom is -0.298 e. The number of benzene rings is 2. The number of hydrogen-bond acceptors (Lipinski definition) is 1. The summed E-state index contributed by atoms with van der Waals surface area (Å²) >= 11 is 6.13. The topological polar surface area (TPSA) is 3.24 Å². The fraction of sp³-hybridized carbons (Fsp3) is 0.458. The van der Waals surface area contributed by atoms with Gasteiger partial charge in [-0.05, 0) is 87.1 Å². The van der Waals surface area contributed by atoms with E-state index in [1.54, 1.807) is 0 Å². The third-order valence-corrected chi connectivity index (χ3v) is 7.16. The second-order valence-electron chi connectivity index (χ2n) is 8.53. The van der Waals surface area contributed by atoms with Crippen LogP contribution in [-0.4, -0.2) is 35.7 Å². The molecule has 1 heterocycles. The molecule has 3 rings (SSSR count). The molecule has 1 saturated heterocycles. The molecule has 2 unspecified atom stereocenters. The van der Waals surface area contributed by atoms with E-state index in [9.17, 15) is 0 Å². The van der Waals surface area contributed by atoms with E-state index in [1.807, 2.05) is 6.07 Å². The fourth-order valence-corrected chi connectivity index (χ4v) is 5.08. The van der Waals surface area contributed by atoms with Crippen LogP contribution in [0.25, 0.3) is 0 Å². The number of likely N-dealkylation sites (tertiary alicyclic amines) is 1. The number of nitrogens with zero attached hydrogens (tertiary/aromatic N) is 1. The Labute approximate surface area is 172 Å². The van der Waals surface area contributed by atoms with E-state index >= 15 is 0 Å². The van der Waals surface area contributed by atoms with E-state index in [0.29, 0.717) is 0 Å². The van der Waals surface area contributed by atoms with Crippen LogP contribution in [0.5, 0.6) is 0 Å². The minimum absolute atomic E-state index is 0.107. The second kappa shape index (κ2) is 8.94. The van der Waals surface area contributed by atoms with Gasteiger partial charge in [-0.25, -0.2) is 0 Å². The summed E-state index contributed by atoms with van der Waals surface area (Å²) in [6.07, 6.45) is 6.99. The van der Waals surface area contributed by atoms with Crippen molar-refractivity contribution in [3.05, 3.63) is 64.7 Å². The number of aryl methyl sites for hydroxylation is 1. The van der Waals surface area contributed by atoms with Crippen molar-refractivity contribution in [2.45, 2.75) is 50.0 Å². The van der Waals surface area contributed by atoms with E-state index < -0.39 is 0 Å². The van der Waals surface area contributed by atoms with Gasteiger partial charge in [0.2, 0.25) is 0 Å². The summed E-state index contributed by atoms with van der Waals surface area (Å²) in [5.41, 5.74) is 3.08. The zero-order chi connectivity index (χ0) is 19.4. The molecule has 0 bridgehead atoms. The first-order valence-corrected chi connectivity index (χ1v) is 12.1. The SMILES string of the molecule is C=S(C)c1ccc(CCC2CN(CCc3cccc(Cl)c3)C(C)(C)C2)cc1. The van der Waals surface area contributed by atoms with Crippen molar-refractivity contribution in [1.82, 2.24) is 4.90 Å². The highest BCUT2D eigenvalue weighted by atomic mass is 35.5. The first-order valence-electron chi connectivity index (χ1n) is 9.87. The molecule has 1 fully saturated rings. The lowest BCUT2D eigenvalue weighted by molar-refractivity contribution is 0.177. The molecule has 0 N–H and O–H groups in total. The van der Waals surface area contributed by atoms with E-state index in [2.05, 4.69) is 73.3 Å². The lowest BCUT2D eigenvalue weighted by Crippen LogP contribution is -2.39. The average molecular weight is 402 g/mol. The molecule has 146 valence electrons. The smallest absolute Gasteiger partial charge is 0.0408 e. The van der Waals surface area contributed by atoms with E-state index in [0.717, 1.165) is 23.9 Å². The van der Waals surface area contributed by atoms with Gasteiger partial charge in [-0.1, -0.05) is 41.7 Å². The highest BCUT2D eigenvalue weighted by Crippen LogP contribution is 2.35. The van der Waals surface area contributed by atoms with Crippen molar-refractivity contribution in [2.24, 2.45) is 5.92 Å². The predicted molar refractivity (Wildman–Crippen MR) is 123 cm³/mol. The van der Waals surface area contributed by atoms with Crippen LogP contribution in [0.2, 0.25) is 5.02 Å². The zero-order valence-corrected chi connectivity index (χ0v) is 18.5. The van der Waals surface area contributed by atoms with E-state index in [-0.39, 0.29) is 16.0 Å². The standard InChI is InChI=1S/C24H32ClNS/c1-24(2)17-21(9-8-19-10-12-23(13-11-19)27(3)4)18-26(24)15-14-20-6-5-7-22(25)16-20/h5-7,10-13,16,21H,3,8-9,14-15,17-18H2,1-2,4H3. The summed E-state index contributed by atoms with van der Waals surface area (Å²) < 4.78 is 0. The maximum Gasteiger partial charge on any atom is 0.0408 e. The quantitative estimate of drug-likeness (QED) is 0.491. The summed E-state index contributed by atoms with van der Waals surface area (Å²) in [5.74, 6) is 4.92. The van der Waals surface area contributed by atoms with Crippen LogP contribution in [0.1, 0.15) is 37.8 Å². The molecule has 0 aromatic heterocycles. The molecule has 2 atom stereocenters. The van der Waals surface area contributed by atoms with Gasteiger partial charge >= 0.3 is 0 Å². The van der Waals surface area contributed by atoms with Crippen LogP contribution in [-0.2, 0) is 12.8 Å². The molecular formula is C24H32ClNS. The van der Waals surface area contributed by atoms with Crippen LogP contribution < -0.4 is 0 Å². The molecule has 1 aliphatic heterocycles. The van der Waals surface area contributed by atoms with Gasteiger partial charge in [0.15, 0.2) is 0 Å². The fourth-order valence-electron chi connectivity index (χ4n) is 4.26. The molecule has 1 aliphatic rings. The van der Waals surface area contributed by atoms with Gasteiger partial charge in [-0.15, -0.1) is 0 Å². The zero-order valence-electron chi connectivity index (χ0n) is 16.9. The Kier molecular flexibility index (Phi) is 6.83. The first kappa shape index (κ1) is 20.6. The molecule has 0 saturated carbocycles. The monoisotopic (exact) mass is 401 g/mol. The van der Waals surface area contributed by atoms with Crippen molar-refractivity contribution < 1.29 is 0 Å². The molecule has 27 heavy (non-hydrogen) atoms. The van der Waals surface area contributed by atoms with Crippen molar-refractivity contribution in [2.75, 3.05) is 19.3 Å². The summed E-state index contributed by atoms with van der Waals surface area (Å²) in [6.45, 7) is 7.12. The predicted octanol–water partition coefficient (Wildman–Crippen LogP) is 6.31. The molecule has 3 heteroatoms. The van der Waals surface area contributed by atoms with Crippen LogP contribution in [0.3, 0.4) is 0 Å². The van der Waals surface area contributed by atoms with Gasteiger partial charge in [0.1, 0.15) is 0 Å². The first-order chi connectivity index (χ1) is 12.8. The Morgan fingerprint density at radius 2 is 1.85 bits per heavy atom. The lowest BCUT2D eigenvalue weighted by Gasteiger charge is -2.31. The highest BCUT2D eigenvalue weighted by Gasteiger charge is 2.37. The summed E-state index contributed by atoms with van der Waals surface area (Å²) in [5, 5.41) is 0.839. The van der Waals surface area contributed by atoms with Crippen LogP contribution >= 0.6 is 22.1 Å². The maximum atomic E-state index is 6.13. The van der Waals surface area contributed by atoms with Gasteiger partial charge in [-0.3, -0.25) is 4.90 Å². The normalized spacial score (nSPS) is 20.7. The Hall–Kier alpha value is -1.09. The van der Waals surface area contributed by atoms with Gasteiger partial charge in [0.05, 0.1) is 0 Å². The summed E-state index contributed by atoms with van der Waals surface area (Å²) in [4.78, 5) is 4.03. The Balaban J connectivity index is 1.52. The van der Waals surface area contributed by atoms with Crippen molar-refractivity contribution in [3.63, 3.8) is 0 Å². The van der Waals surface area contributed by atoms with Gasteiger partial charge in [0, 0.05) is 28.5 Å². The van der Waals surface area contributed by atoms with E-state index in [4.69, 9.17) is 11.6 Å². The third kappa shape index (κ3) is 5.70.